The zero-order valence-electron chi connectivity index (χ0n) is 12.5. The molecule has 6 nitrogen and oxygen atoms in total. The van der Waals surface area contributed by atoms with Crippen LogP contribution in [0.2, 0.25) is 0 Å². The van der Waals surface area contributed by atoms with Gasteiger partial charge in [-0.3, -0.25) is 0 Å². The maximum Gasteiger partial charge on any atom is 0.435 e. The van der Waals surface area contributed by atoms with Crippen LogP contribution in [0.4, 0.5) is 24.8 Å². The average Bonchev–Trinajstić information content (AvgIpc) is 2.54. The highest BCUT2D eigenvalue weighted by atomic mass is 19.4. The number of hydrogen-bond acceptors (Lipinski definition) is 6. The maximum absolute atomic E-state index is 12.5. The summed E-state index contributed by atoms with van der Waals surface area (Å²) < 4.78 is 37.5. The topological polar surface area (TPSA) is 58.0 Å². The normalized spacial score (nSPS) is 15.8. The van der Waals surface area contributed by atoms with Crippen LogP contribution in [0.1, 0.15) is 11.5 Å². The van der Waals surface area contributed by atoms with Crippen LogP contribution in [-0.2, 0) is 6.18 Å². The molecule has 0 N–H and O–H groups in total. The first-order chi connectivity index (χ1) is 10.9. The van der Waals surface area contributed by atoms with Gasteiger partial charge < -0.3 is 9.80 Å². The molecule has 0 spiro atoms. The summed E-state index contributed by atoms with van der Waals surface area (Å²) in [4.78, 5) is 12.5. The molecule has 0 aliphatic carbocycles. The Bertz CT molecular complexity index is 665. The molecule has 9 heteroatoms. The number of anilines is 2. The minimum atomic E-state index is -4.46. The van der Waals surface area contributed by atoms with Gasteiger partial charge >= 0.3 is 6.18 Å². The van der Waals surface area contributed by atoms with E-state index in [0.717, 1.165) is 11.9 Å². The third kappa shape index (κ3) is 3.49. The molecule has 122 valence electrons. The molecule has 0 amide bonds. The van der Waals surface area contributed by atoms with Crippen molar-refractivity contribution in [2.75, 3.05) is 36.0 Å². The minimum Gasteiger partial charge on any atom is -0.353 e. The van der Waals surface area contributed by atoms with Crippen molar-refractivity contribution in [3.05, 3.63) is 35.9 Å². The Morgan fingerprint density at radius 1 is 0.913 bits per heavy atom. The van der Waals surface area contributed by atoms with Gasteiger partial charge in [0.1, 0.15) is 11.6 Å². The SMILES string of the molecule is Cc1nccc(N2CCN(c3ccc(C(F)(F)F)nn3)CC2)n1. The third-order valence-electron chi connectivity index (χ3n) is 3.63. The molecule has 3 rings (SSSR count). The van der Waals surface area contributed by atoms with Crippen LogP contribution in [0.5, 0.6) is 0 Å². The van der Waals surface area contributed by atoms with Crippen LogP contribution in [-0.4, -0.2) is 46.3 Å². The minimum absolute atomic E-state index is 0.455. The van der Waals surface area contributed by atoms with E-state index in [-0.39, 0.29) is 0 Å². The highest BCUT2D eigenvalue weighted by Gasteiger charge is 2.33. The summed E-state index contributed by atoms with van der Waals surface area (Å²) in [6.07, 6.45) is -2.75. The number of aromatic nitrogens is 4. The Kier molecular flexibility index (Phi) is 4.01. The van der Waals surface area contributed by atoms with E-state index in [1.807, 2.05) is 17.9 Å². The molecule has 1 saturated heterocycles. The average molecular weight is 324 g/mol. The standard InChI is InChI=1S/C14H15F3N6/c1-10-18-5-4-12(19-10)22-6-8-23(9-7-22)13-3-2-11(20-21-13)14(15,16)17/h2-5H,6-9H2,1H3. The van der Waals surface area contributed by atoms with Crippen molar-refractivity contribution >= 4 is 11.6 Å². The molecular formula is C14H15F3N6. The van der Waals surface area contributed by atoms with Gasteiger partial charge in [-0.05, 0) is 25.1 Å². The lowest BCUT2D eigenvalue weighted by Gasteiger charge is -2.35. The second-order valence-corrected chi connectivity index (χ2v) is 5.21. The van der Waals surface area contributed by atoms with Gasteiger partial charge in [-0.1, -0.05) is 0 Å². The second-order valence-electron chi connectivity index (χ2n) is 5.21. The van der Waals surface area contributed by atoms with Crippen molar-refractivity contribution in [3.63, 3.8) is 0 Å². The van der Waals surface area contributed by atoms with E-state index in [1.54, 1.807) is 6.20 Å². The lowest BCUT2D eigenvalue weighted by molar-refractivity contribution is -0.141. The summed E-state index contributed by atoms with van der Waals surface area (Å²) in [5.41, 5.74) is -0.976. The molecule has 0 atom stereocenters. The summed E-state index contributed by atoms with van der Waals surface area (Å²) >= 11 is 0. The monoisotopic (exact) mass is 324 g/mol. The smallest absolute Gasteiger partial charge is 0.353 e. The molecule has 2 aromatic heterocycles. The Morgan fingerprint density at radius 2 is 1.57 bits per heavy atom. The van der Waals surface area contributed by atoms with Crippen molar-refractivity contribution in [1.29, 1.82) is 0 Å². The van der Waals surface area contributed by atoms with Gasteiger partial charge in [0.25, 0.3) is 0 Å². The van der Waals surface area contributed by atoms with Crippen LogP contribution in [0, 0.1) is 6.92 Å². The first-order valence-electron chi connectivity index (χ1n) is 7.14. The first-order valence-corrected chi connectivity index (χ1v) is 7.14. The summed E-state index contributed by atoms with van der Waals surface area (Å²) in [7, 11) is 0. The largest absolute Gasteiger partial charge is 0.435 e. The van der Waals surface area contributed by atoms with E-state index in [1.165, 1.54) is 6.07 Å². The molecule has 0 bridgehead atoms. The Labute approximate surface area is 131 Å². The number of alkyl halides is 3. The number of rotatable bonds is 2. The summed E-state index contributed by atoms with van der Waals surface area (Å²) in [6.45, 7) is 4.53. The predicted octanol–water partition coefficient (Wildman–Crippen LogP) is 1.92. The number of halogens is 3. The lowest BCUT2D eigenvalue weighted by atomic mass is 10.3. The molecule has 23 heavy (non-hydrogen) atoms. The van der Waals surface area contributed by atoms with Gasteiger partial charge in [0.05, 0.1) is 0 Å². The molecule has 1 fully saturated rings. The lowest BCUT2D eigenvalue weighted by Crippen LogP contribution is -2.47. The van der Waals surface area contributed by atoms with Gasteiger partial charge in [-0.15, -0.1) is 10.2 Å². The van der Waals surface area contributed by atoms with E-state index >= 15 is 0 Å². The van der Waals surface area contributed by atoms with E-state index in [9.17, 15) is 13.2 Å². The third-order valence-corrected chi connectivity index (χ3v) is 3.63. The number of nitrogens with zero attached hydrogens (tertiary/aromatic N) is 6. The van der Waals surface area contributed by atoms with Gasteiger partial charge in [-0.25, -0.2) is 9.97 Å². The molecule has 3 heterocycles. The van der Waals surface area contributed by atoms with Crippen LogP contribution in [0.15, 0.2) is 24.4 Å². The van der Waals surface area contributed by atoms with Gasteiger partial charge in [0, 0.05) is 32.4 Å². The van der Waals surface area contributed by atoms with E-state index in [2.05, 4.69) is 25.1 Å². The van der Waals surface area contributed by atoms with Crippen molar-refractivity contribution in [1.82, 2.24) is 20.2 Å². The van der Waals surface area contributed by atoms with Crippen molar-refractivity contribution in [2.45, 2.75) is 13.1 Å². The van der Waals surface area contributed by atoms with Crippen molar-refractivity contribution in [2.24, 2.45) is 0 Å². The fraction of sp³-hybridized carbons (Fsp3) is 0.429. The summed E-state index contributed by atoms with van der Waals surface area (Å²) in [5.74, 6) is 2.02. The number of piperazine rings is 1. The number of aryl methyl sites for hydroxylation is 1. The zero-order chi connectivity index (χ0) is 16.4. The van der Waals surface area contributed by atoms with Gasteiger partial charge in [-0.2, -0.15) is 13.2 Å². The quantitative estimate of drug-likeness (QED) is 0.841. The molecule has 1 aliphatic rings. The molecule has 0 radical (unpaired) electrons. The zero-order valence-corrected chi connectivity index (χ0v) is 12.5. The molecule has 0 saturated carbocycles. The predicted molar refractivity (Wildman–Crippen MR) is 78.2 cm³/mol. The van der Waals surface area contributed by atoms with Crippen molar-refractivity contribution in [3.8, 4) is 0 Å². The maximum atomic E-state index is 12.5. The molecule has 0 unspecified atom stereocenters. The first kappa shape index (κ1) is 15.4. The Hall–Kier alpha value is -2.45. The van der Waals surface area contributed by atoms with E-state index in [4.69, 9.17) is 0 Å². The van der Waals surface area contributed by atoms with Crippen molar-refractivity contribution < 1.29 is 13.2 Å². The highest BCUT2D eigenvalue weighted by Crippen LogP contribution is 2.27. The van der Waals surface area contributed by atoms with Crippen LogP contribution in [0.25, 0.3) is 0 Å². The van der Waals surface area contributed by atoms with Crippen LogP contribution >= 0.6 is 0 Å². The molecule has 0 aromatic carbocycles. The fourth-order valence-electron chi connectivity index (χ4n) is 2.43. The second kappa shape index (κ2) is 5.98. The van der Waals surface area contributed by atoms with Crippen LogP contribution < -0.4 is 9.80 Å². The molecular weight excluding hydrogens is 309 g/mol. The van der Waals surface area contributed by atoms with E-state index < -0.39 is 11.9 Å². The van der Waals surface area contributed by atoms with Crippen LogP contribution in [0.3, 0.4) is 0 Å². The van der Waals surface area contributed by atoms with Gasteiger partial charge in [0.15, 0.2) is 11.5 Å². The molecule has 1 aliphatic heterocycles. The molecule has 2 aromatic rings. The van der Waals surface area contributed by atoms with E-state index in [0.29, 0.717) is 37.8 Å². The Morgan fingerprint density at radius 3 is 2.09 bits per heavy atom. The summed E-state index contributed by atoms with van der Waals surface area (Å²) in [5, 5.41) is 6.96. The Balaban J connectivity index is 1.65. The van der Waals surface area contributed by atoms with Gasteiger partial charge in [0.2, 0.25) is 0 Å². The fourth-order valence-corrected chi connectivity index (χ4v) is 2.43. The number of hydrogen-bond donors (Lipinski definition) is 0. The highest BCUT2D eigenvalue weighted by molar-refractivity contribution is 5.44. The summed E-state index contributed by atoms with van der Waals surface area (Å²) in [6, 6.07) is 4.17.